The summed E-state index contributed by atoms with van der Waals surface area (Å²) in [5, 5.41) is 8.93. The van der Waals surface area contributed by atoms with Gasteiger partial charge in [0.25, 0.3) is 5.91 Å². The fraction of sp³-hybridized carbons (Fsp3) is 0.583. The highest BCUT2D eigenvalue weighted by molar-refractivity contribution is 5.93. The molecule has 1 amide bonds. The summed E-state index contributed by atoms with van der Waals surface area (Å²) in [5.41, 5.74) is 0.693. The standard InChI is InChI=1S/C12H18N2O3/c1-17-6-5-13-4-2-3-11(13)12(16)14-7-10(8-14)9-15/h2-4,10,15H,5-9H2,1H3. The van der Waals surface area contributed by atoms with Crippen molar-refractivity contribution >= 4 is 5.91 Å². The smallest absolute Gasteiger partial charge is 0.270 e. The number of hydrogen-bond acceptors (Lipinski definition) is 3. The third-order valence-corrected chi connectivity index (χ3v) is 3.09. The Kier molecular flexibility index (Phi) is 3.81. The summed E-state index contributed by atoms with van der Waals surface area (Å²) in [5.74, 6) is 0.289. The molecule has 0 saturated carbocycles. The Morgan fingerprint density at radius 1 is 1.59 bits per heavy atom. The summed E-state index contributed by atoms with van der Waals surface area (Å²) in [6.07, 6.45) is 1.88. The second-order valence-corrected chi connectivity index (χ2v) is 4.34. The molecule has 1 aliphatic rings. The highest BCUT2D eigenvalue weighted by atomic mass is 16.5. The van der Waals surface area contributed by atoms with Crippen molar-refractivity contribution < 1.29 is 14.6 Å². The lowest BCUT2D eigenvalue weighted by Gasteiger charge is -2.38. The zero-order valence-corrected chi connectivity index (χ0v) is 10.0. The number of hydrogen-bond donors (Lipinski definition) is 1. The van der Waals surface area contributed by atoms with Crippen LogP contribution < -0.4 is 0 Å². The molecule has 0 bridgehead atoms. The van der Waals surface area contributed by atoms with E-state index in [0.717, 1.165) is 0 Å². The zero-order valence-electron chi connectivity index (χ0n) is 10.0. The van der Waals surface area contributed by atoms with Crippen LogP contribution in [0.2, 0.25) is 0 Å². The van der Waals surface area contributed by atoms with Crippen molar-refractivity contribution in [3.63, 3.8) is 0 Å². The van der Waals surface area contributed by atoms with E-state index in [9.17, 15) is 4.79 Å². The molecule has 1 aliphatic heterocycles. The van der Waals surface area contributed by atoms with E-state index in [1.807, 2.05) is 22.9 Å². The number of rotatable bonds is 5. The van der Waals surface area contributed by atoms with Gasteiger partial charge in [-0.2, -0.15) is 0 Å². The van der Waals surface area contributed by atoms with Crippen LogP contribution in [0.4, 0.5) is 0 Å². The number of nitrogens with zero attached hydrogens (tertiary/aromatic N) is 2. The van der Waals surface area contributed by atoms with E-state index in [4.69, 9.17) is 9.84 Å². The summed E-state index contributed by atoms with van der Waals surface area (Å²) in [6, 6.07) is 3.69. The minimum Gasteiger partial charge on any atom is -0.396 e. The summed E-state index contributed by atoms with van der Waals surface area (Å²) >= 11 is 0. The fourth-order valence-electron chi connectivity index (χ4n) is 2.01. The first-order valence-electron chi connectivity index (χ1n) is 5.80. The van der Waals surface area contributed by atoms with Crippen LogP contribution in [0.3, 0.4) is 0 Å². The van der Waals surface area contributed by atoms with Gasteiger partial charge in [-0.25, -0.2) is 0 Å². The summed E-state index contributed by atoms with van der Waals surface area (Å²) in [7, 11) is 1.65. The number of aliphatic hydroxyl groups excluding tert-OH is 1. The summed E-state index contributed by atoms with van der Waals surface area (Å²) in [6.45, 7) is 2.75. The second kappa shape index (κ2) is 5.33. The maximum absolute atomic E-state index is 12.1. The Labute approximate surface area is 101 Å². The summed E-state index contributed by atoms with van der Waals surface area (Å²) in [4.78, 5) is 13.9. The first-order valence-corrected chi connectivity index (χ1v) is 5.80. The molecule has 0 spiro atoms. The minimum atomic E-state index is 0.0378. The normalized spacial score (nSPS) is 16.0. The van der Waals surface area contributed by atoms with Crippen LogP contribution in [0.25, 0.3) is 0 Å². The third-order valence-electron chi connectivity index (χ3n) is 3.09. The molecule has 1 saturated heterocycles. The number of likely N-dealkylation sites (tertiary alicyclic amines) is 1. The van der Waals surface area contributed by atoms with Crippen molar-refractivity contribution in [3.05, 3.63) is 24.0 Å². The number of carbonyl (C=O) groups excluding carboxylic acids is 1. The number of aliphatic hydroxyl groups is 1. The fourth-order valence-corrected chi connectivity index (χ4v) is 2.01. The van der Waals surface area contributed by atoms with Crippen LogP contribution in [-0.2, 0) is 11.3 Å². The Bertz CT molecular complexity index is 383. The average molecular weight is 238 g/mol. The molecule has 0 unspecified atom stereocenters. The summed E-state index contributed by atoms with van der Waals surface area (Å²) < 4.78 is 6.91. The van der Waals surface area contributed by atoms with Crippen molar-refractivity contribution in [1.82, 2.24) is 9.47 Å². The van der Waals surface area contributed by atoms with Crippen molar-refractivity contribution in [2.24, 2.45) is 5.92 Å². The Balaban J connectivity index is 1.97. The van der Waals surface area contributed by atoms with Gasteiger partial charge in [-0.15, -0.1) is 0 Å². The van der Waals surface area contributed by atoms with Gasteiger partial charge in [-0.3, -0.25) is 4.79 Å². The van der Waals surface area contributed by atoms with Gasteiger partial charge in [-0.05, 0) is 12.1 Å². The topological polar surface area (TPSA) is 54.7 Å². The van der Waals surface area contributed by atoms with E-state index in [1.54, 1.807) is 12.0 Å². The lowest BCUT2D eigenvalue weighted by atomic mass is 10.0. The van der Waals surface area contributed by atoms with Crippen LogP contribution in [0.1, 0.15) is 10.5 Å². The molecule has 0 aromatic carbocycles. The second-order valence-electron chi connectivity index (χ2n) is 4.34. The monoisotopic (exact) mass is 238 g/mol. The van der Waals surface area contributed by atoms with E-state index in [2.05, 4.69) is 0 Å². The van der Waals surface area contributed by atoms with Gasteiger partial charge in [-0.1, -0.05) is 0 Å². The molecular formula is C12H18N2O3. The molecular weight excluding hydrogens is 220 g/mol. The van der Waals surface area contributed by atoms with E-state index in [0.29, 0.717) is 31.9 Å². The molecule has 2 rings (SSSR count). The minimum absolute atomic E-state index is 0.0378. The third kappa shape index (κ3) is 2.50. The first-order chi connectivity index (χ1) is 8.26. The molecule has 5 nitrogen and oxygen atoms in total. The lowest BCUT2D eigenvalue weighted by Crippen LogP contribution is -2.51. The van der Waals surface area contributed by atoms with Crippen LogP contribution in [-0.4, -0.2) is 53.9 Å². The number of aromatic nitrogens is 1. The van der Waals surface area contributed by atoms with Gasteiger partial charge in [0.15, 0.2) is 0 Å². The van der Waals surface area contributed by atoms with Gasteiger partial charge in [0.1, 0.15) is 5.69 Å². The number of methoxy groups -OCH3 is 1. The maximum atomic E-state index is 12.1. The molecule has 1 fully saturated rings. The largest absolute Gasteiger partial charge is 0.396 e. The van der Waals surface area contributed by atoms with E-state index in [1.165, 1.54) is 0 Å². The predicted octanol–water partition coefficient (Wildman–Crippen LogP) is 0.199. The van der Waals surface area contributed by atoms with Gasteiger partial charge >= 0.3 is 0 Å². The number of ether oxygens (including phenoxy) is 1. The predicted molar refractivity (Wildman–Crippen MR) is 62.8 cm³/mol. The van der Waals surface area contributed by atoms with Gasteiger partial charge in [0, 0.05) is 45.5 Å². The van der Waals surface area contributed by atoms with Gasteiger partial charge in [0.05, 0.1) is 6.61 Å². The number of carbonyl (C=O) groups is 1. The van der Waals surface area contributed by atoms with E-state index < -0.39 is 0 Å². The SMILES string of the molecule is COCCn1cccc1C(=O)N1CC(CO)C1. The molecule has 1 aromatic heterocycles. The Hall–Kier alpha value is -1.33. The molecule has 5 heteroatoms. The number of amides is 1. The quantitative estimate of drug-likeness (QED) is 0.797. The molecule has 0 radical (unpaired) electrons. The molecule has 2 heterocycles. The van der Waals surface area contributed by atoms with Crippen LogP contribution in [0, 0.1) is 5.92 Å². The average Bonchev–Trinajstić information content (AvgIpc) is 2.72. The van der Waals surface area contributed by atoms with Crippen molar-refractivity contribution in [2.45, 2.75) is 6.54 Å². The molecule has 1 aromatic rings. The van der Waals surface area contributed by atoms with Crippen LogP contribution >= 0.6 is 0 Å². The van der Waals surface area contributed by atoms with Gasteiger partial charge < -0.3 is 19.3 Å². The first kappa shape index (κ1) is 12.1. The highest BCUT2D eigenvalue weighted by Gasteiger charge is 2.31. The lowest BCUT2D eigenvalue weighted by molar-refractivity contribution is 0.0351. The Morgan fingerprint density at radius 3 is 3.00 bits per heavy atom. The molecule has 1 N–H and O–H groups in total. The maximum Gasteiger partial charge on any atom is 0.270 e. The van der Waals surface area contributed by atoms with Crippen molar-refractivity contribution in [1.29, 1.82) is 0 Å². The van der Waals surface area contributed by atoms with Crippen LogP contribution in [0.5, 0.6) is 0 Å². The van der Waals surface area contributed by atoms with E-state index in [-0.39, 0.29) is 18.4 Å². The molecule has 17 heavy (non-hydrogen) atoms. The highest BCUT2D eigenvalue weighted by Crippen LogP contribution is 2.18. The van der Waals surface area contributed by atoms with Crippen molar-refractivity contribution in [2.75, 3.05) is 33.4 Å². The molecule has 94 valence electrons. The van der Waals surface area contributed by atoms with Crippen LogP contribution in [0.15, 0.2) is 18.3 Å². The molecule has 0 aliphatic carbocycles. The van der Waals surface area contributed by atoms with E-state index >= 15 is 0 Å². The Morgan fingerprint density at radius 2 is 2.35 bits per heavy atom. The van der Waals surface area contributed by atoms with Crippen molar-refractivity contribution in [3.8, 4) is 0 Å². The zero-order chi connectivity index (χ0) is 12.3. The van der Waals surface area contributed by atoms with Gasteiger partial charge in [0.2, 0.25) is 0 Å². The molecule has 0 atom stereocenters.